The van der Waals surface area contributed by atoms with Crippen LogP contribution in [0.4, 0.5) is 5.82 Å². The van der Waals surface area contributed by atoms with Crippen molar-refractivity contribution in [2.24, 2.45) is 0 Å². The fourth-order valence-electron chi connectivity index (χ4n) is 3.80. The van der Waals surface area contributed by atoms with E-state index >= 15 is 0 Å². The number of pyridine rings is 1. The van der Waals surface area contributed by atoms with E-state index in [9.17, 15) is 0 Å². The van der Waals surface area contributed by atoms with E-state index in [1.54, 1.807) is 6.20 Å². The maximum absolute atomic E-state index is 5.64. The standard InChI is InChI=1S/C22H27N5O2/c1-16(18-7-4-3-5-8-18)26-22(10-13-28-14-11-22)15-24-20-19(9-6-12-23-20)21-25-17(2)27-29-21/h3-9,12,16,26H,10-11,13-15H2,1-2H3,(H,23,24). The minimum absolute atomic E-state index is 0.0902. The molecule has 152 valence electrons. The molecule has 0 saturated carbocycles. The Morgan fingerprint density at radius 3 is 2.62 bits per heavy atom. The Morgan fingerprint density at radius 2 is 1.90 bits per heavy atom. The predicted molar refractivity (Wildman–Crippen MR) is 112 cm³/mol. The lowest BCUT2D eigenvalue weighted by atomic mass is 9.88. The molecule has 1 saturated heterocycles. The van der Waals surface area contributed by atoms with E-state index in [2.05, 4.69) is 56.9 Å². The second-order valence-corrected chi connectivity index (χ2v) is 7.57. The number of ether oxygens (including phenoxy) is 1. The molecule has 3 aromatic rings. The van der Waals surface area contributed by atoms with Gasteiger partial charge in [0.1, 0.15) is 5.82 Å². The third-order valence-corrected chi connectivity index (χ3v) is 5.43. The molecule has 0 radical (unpaired) electrons. The van der Waals surface area contributed by atoms with Crippen molar-refractivity contribution >= 4 is 5.82 Å². The van der Waals surface area contributed by atoms with Gasteiger partial charge >= 0.3 is 0 Å². The Hall–Kier alpha value is -2.77. The molecule has 7 nitrogen and oxygen atoms in total. The second kappa shape index (κ2) is 8.71. The molecule has 0 spiro atoms. The number of hydrogen-bond acceptors (Lipinski definition) is 7. The Bertz CT molecular complexity index is 922. The van der Waals surface area contributed by atoms with Crippen molar-refractivity contribution in [2.45, 2.75) is 38.3 Å². The molecule has 1 fully saturated rings. The summed E-state index contributed by atoms with van der Waals surface area (Å²) in [7, 11) is 0. The average Bonchev–Trinajstić information content (AvgIpc) is 3.20. The Kier molecular flexibility index (Phi) is 5.87. The average molecular weight is 393 g/mol. The van der Waals surface area contributed by atoms with Crippen LogP contribution in [0.1, 0.15) is 37.2 Å². The predicted octanol–water partition coefficient (Wildman–Crippen LogP) is 3.75. The lowest BCUT2D eigenvalue weighted by molar-refractivity contribution is 0.0389. The topological polar surface area (TPSA) is 85.1 Å². The second-order valence-electron chi connectivity index (χ2n) is 7.57. The molecule has 0 bridgehead atoms. The minimum atomic E-state index is -0.0902. The highest BCUT2D eigenvalue weighted by molar-refractivity contribution is 5.68. The van der Waals surface area contributed by atoms with Crippen molar-refractivity contribution in [3.8, 4) is 11.5 Å². The maximum atomic E-state index is 5.64. The molecule has 0 amide bonds. The van der Waals surface area contributed by atoms with E-state index in [-0.39, 0.29) is 11.6 Å². The first kappa shape index (κ1) is 19.5. The summed E-state index contributed by atoms with van der Waals surface area (Å²) in [5.74, 6) is 1.83. The summed E-state index contributed by atoms with van der Waals surface area (Å²) < 4.78 is 11.0. The number of anilines is 1. The SMILES string of the molecule is Cc1noc(-c2cccnc2NCC2(NC(C)c3ccccc3)CCOCC2)n1. The van der Waals surface area contributed by atoms with Crippen LogP contribution in [0.3, 0.4) is 0 Å². The fraction of sp³-hybridized carbons (Fsp3) is 0.409. The number of aromatic nitrogens is 3. The molecule has 1 aliphatic rings. The van der Waals surface area contributed by atoms with Gasteiger partial charge in [0, 0.05) is 37.5 Å². The van der Waals surface area contributed by atoms with Gasteiger partial charge in [0.15, 0.2) is 5.82 Å². The van der Waals surface area contributed by atoms with Crippen LogP contribution in [0, 0.1) is 6.92 Å². The summed E-state index contributed by atoms with van der Waals surface area (Å²) in [4.78, 5) is 8.87. The molecule has 1 atom stereocenters. The van der Waals surface area contributed by atoms with E-state index in [1.807, 2.05) is 25.1 Å². The zero-order valence-electron chi connectivity index (χ0n) is 16.9. The molecule has 29 heavy (non-hydrogen) atoms. The van der Waals surface area contributed by atoms with Crippen LogP contribution in [0.5, 0.6) is 0 Å². The zero-order chi connectivity index (χ0) is 20.1. The molecule has 2 N–H and O–H groups in total. The molecule has 3 heterocycles. The summed E-state index contributed by atoms with van der Waals surface area (Å²) in [5.41, 5.74) is 2.00. The van der Waals surface area contributed by atoms with Crippen LogP contribution in [-0.2, 0) is 4.74 Å². The van der Waals surface area contributed by atoms with Crippen molar-refractivity contribution in [3.63, 3.8) is 0 Å². The Morgan fingerprint density at radius 1 is 1.10 bits per heavy atom. The van der Waals surface area contributed by atoms with Gasteiger partial charge in [-0.05, 0) is 44.4 Å². The van der Waals surface area contributed by atoms with Crippen LogP contribution in [0.2, 0.25) is 0 Å². The highest BCUT2D eigenvalue weighted by atomic mass is 16.5. The van der Waals surface area contributed by atoms with Gasteiger partial charge in [-0.15, -0.1) is 0 Å². The summed E-state index contributed by atoms with van der Waals surface area (Å²) in [6.45, 7) is 6.23. The van der Waals surface area contributed by atoms with Crippen molar-refractivity contribution in [1.82, 2.24) is 20.4 Å². The first-order valence-corrected chi connectivity index (χ1v) is 10.1. The number of rotatable bonds is 7. The molecule has 1 unspecified atom stereocenters. The van der Waals surface area contributed by atoms with Gasteiger partial charge in [-0.1, -0.05) is 35.5 Å². The summed E-state index contributed by atoms with van der Waals surface area (Å²) in [6.07, 6.45) is 3.63. The molecule has 7 heteroatoms. The van der Waals surface area contributed by atoms with E-state index < -0.39 is 0 Å². The van der Waals surface area contributed by atoms with Gasteiger partial charge in [0.25, 0.3) is 5.89 Å². The fourth-order valence-corrected chi connectivity index (χ4v) is 3.80. The number of nitrogens with one attached hydrogen (secondary N) is 2. The van der Waals surface area contributed by atoms with Crippen LogP contribution < -0.4 is 10.6 Å². The number of benzene rings is 1. The lowest BCUT2D eigenvalue weighted by Gasteiger charge is -2.41. The van der Waals surface area contributed by atoms with Crippen LogP contribution in [0.25, 0.3) is 11.5 Å². The molecule has 1 aliphatic heterocycles. The van der Waals surface area contributed by atoms with Gasteiger partial charge < -0.3 is 19.9 Å². The van der Waals surface area contributed by atoms with E-state index in [0.29, 0.717) is 11.7 Å². The molecule has 4 rings (SSSR count). The number of aryl methyl sites for hydroxylation is 1. The van der Waals surface area contributed by atoms with Gasteiger partial charge in [-0.3, -0.25) is 0 Å². The zero-order valence-corrected chi connectivity index (χ0v) is 16.9. The Labute approximate surface area is 170 Å². The third kappa shape index (κ3) is 4.63. The number of nitrogens with zero attached hydrogens (tertiary/aromatic N) is 3. The smallest absolute Gasteiger partial charge is 0.261 e. The van der Waals surface area contributed by atoms with Crippen LogP contribution in [0.15, 0.2) is 53.2 Å². The lowest BCUT2D eigenvalue weighted by Crippen LogP contribution is -2.54. The Balaban J connectivity index is 1.52. The monoisotopic (exact) mass is 393 g/mol. The first-order chi connectivity index (χ1) is 14.2. The molecular weight excluding hydrogens is 366 g/mol. The van der Waals surface area contributed by atoms with Crippen LogP contribution in [-0.4, -0.2) is 40.4 Å². The largest absolute Gasteiger partial charge is 0.381 e. The van der Waals surface area contributed by atoms with Crippen molar-refractivity contribution in [2.75, 3.05) is 25.1 Å². The maximum Gasteiger partial charge on any atom is 0.261 e. The van der Waals surface area contributed by atoms with Crippen LogP contribution >= 0.6 is 0 Å². The normalized spacial score (nSPS) is 17.0. The summed E-state index contributed by atoms with van der Waals surface area (Å²) in [5, 5.41) is 11.3. The molecule has 1 aromatic carbocycles. The first-order valence-electron chi connectivity index (χ1n) is 10.1. The van der Waals surface area contributed by atoms with Crippen molar-refractivity contribution < 1.29 is 9.26 Å². The van der Waals surface area contributed by atoms with E-state index in [0.717, 1.165) is 44.0 Å². The van der Waals surface area contributed by atoms with Gasteiger partial charge in [0.2, 0.25) is 0 Å². The quantitative estimate of drug-likeness (QED) is 0.632. The van der Waals surface area contributed by atoms with Crippen molar-refractivity contribution in [3.05, 3.63) is 60.0 Å². The third-order valence-electron chi connectivity index (χ3n) is 5.43. The van der Waals surface area contributed by atoms with Gasteiger partial charge in [-0.25, -0.2) is 4.98 Å². The van der Waals surface area contributed by atoms with Gasteiger partial charge in [0.05, 0.1) is 5.56 Å². The summed E-state index contributed by atoms with van der Waals surface area (Å²) in [6, 6.07) is 14.6. The highest BCUT2D eigenvalue weighted by Gasteiger charge is 2.34. The summed E-state index contributed by atoms with van der Waals surface area (Å²) >= 11 is 0. The molecule has 2 aromatic heterocycles. The molecule has 0 aliphatic carbocycles. The van der Waals surface area contributed by atoms with E-state index in [1.165, 1.54) is 5.56 Å². The van der Waals surface area contributed by atoms with Gasteiger partial charge in [-0.2, -0.15) is 4.98 Å². The van der Waals surface area contributed by atoms with Crippen molar-refractivity contribution in [1.29, 1.82) is 0 Å². The van der Waals surface area contributed by atoms with E-state index in [4.69, 9.17) is 9.26 Å². The minimum Gasteiger partial charge on any atom is -0.381 e. The highest BCUT2D eigenvalue weighted by Crippen LogP contribution is 2.28. The number of hydrogen-bond donors (Lipinski definition) is 2. The molecular formula is C22H27N5O2.